The maximum Gasteiger partial charge on any atom is 0.439 e. The largest absolute Gasteiger partial charge is 0.480 e. The molecule has 24 nitrogen and oxygen atoms in total. The Morgan fingerprint density at radius 3 is 1.23 bits per heavy atom. The number of rotatable bonds is 13. The number of aliphatic hydroxyl groups is 1. The molecule has 6 heterocycles. The summed E-state index contributed by atoms with van der Waals surface area (Å²) in [6.07, 6.45) is -10.3. The van der Waals surface area contributed by atoms with Crippen LogP contribution < -0.4 is 30.4 Å². The maximum atomic E-state index is 12.6. The van der Waals surface area contributed by atoms with Gasteiger partial charge in [0, 0.05) is 24.9 Å². The molecule has 0 spiro atoms. The lowest BCUT2D eigenvalue weighted by Gasteiger charge is -2.11. The number of nitrogens with two attached hydrogens (primary N) is 1. The van der Waals surface area contributed by atoms with Crippen molar-refractivity contribution in [3.63, 3.8) is 0 Å². The van der Waals surface area contributed by atoms with E-state index in [1.807, 2.05) is 6.07 Å². The van der Waals surface area contributed by atoms with Crippen molar-refractivity contribution in [2.75, 3.05) is 40.8 Å². The van der Waals surface area contributed by atoms with Gasteiger partial charge in [0.25, 0.3) is 0 Å². The van der Waals surface area contributed by atoms with Gasteiger partial charge in [-0.1, -0.05) is 76.4 Å². The van der Waals surface area contributed by atoms with Gasteiger partial charge < -0.3 is 35.2 Å². The van der Waals surface area contributed by atoms with Crippen molar-refractivity contribution in [2.24, 2.45) is 0 Å². The number of alkyl halides is 12. The predicted octanol–water partition coefficient (Wildman–Crippen LogP) is 12.8. The minimum Gasteiger partial charge on any atom is -0.480 e. The molecular formula is C62H46Cl3F12N17O7. The minimum absolute atomic E-state index is 0.0370. The average Bonchev–Trinajstić information content (AvgIpc) is 1.79. The molecule has 0 atom stereocenters. The number of nitrogens with zero attached hydrogens (tertiary/aromatic N) is 14. The molecule has 5 N–H and O–H groups in total. The second-order valence-electron chi connectivity index (χ2n) is 19.2. The molecule has 0 radical (unpaired) electrons. The van der Waals surface area contributed by atoms with Gasteiger partial charge in [-0.2, -0.15) is 73.5 Å². The van der Waals surface area contributed by atoms with Crippen LogP contribution in [-0.4, -0.2) is 106 Å². The van der Waals surface area contributed by atoms with Gasteiger partial charge in [-0.15, -0.1) is 0 Å². The first-order chi connectivity index (χ1) is 47.7. The third-order valence-electron chi connectivity index (χ3n) is 12.3. The molecule has 0 saturated heterocycles. The molecule has 0 aliphatic heterocycles. The Bertz CT molecular complexity index is 4590. The van der Waals surface area contributed by atoms with Crippen LogP contribution in [0, 0.1) is 39.4 Å². The van der Waals surface area contributed by atoms with E-state index in [9.17, 15) is 57.5 Å². The fourth-order valence-corrected chi connectivity index (χ4v) is 8.01. The van der Waals surface area contributed by atoms with Crippen LogP contribution in [0.4, 0.5) is 58.4 Å². The molecule has 0 unspecified atom stereocenters. The molecule has 0 aliphatic rings. The number of aromatic amines is 1. The number of benzene rings is 4. The highest BCUT2D eigenvalue weighted by molar-refractivity contribution is 6.32. The molecule has 526 valence electrons. The van der Waals surface area contributed by atoms with Gasteiger partial charge in [-0.05, 0) is 77.4 Å². The van der Waals surface area contributed by atoms with Crippen LogP contribution >= 0.6 is 34.8 Å². The molecule has 0 fully saturated rings. The normalized spacial score (nSPS) is 10.8. The van der Waals surface area contributed by atoms with Crippen LogP contribution in [0.5, 0.6) is 23.5 Å². The smallest absolute Gasteiger partial charge is 0.439 e. The van der Waals surface area contributed by atoms with Crippen molar-refractivity contribution in [3.8, 4) is 53.2 Å². The summed E-state index contributed by atoms with van der Waals surface area (Å²) in [7, 11) is 5.68. The fourth-order valence-electron chi connectivity index (χ4n) is 7.48. The van der Waals surface area contributed by atoms with Gasteiger partial charge in [0.15, 0.2) is 27.4 Å². The number of nitrogen functional groups attached to an aromatic ring is 1. The van der Waals surface area contributed by atoms with Crippen molar-refractivity contribution in [1.82, 2.24) is 60.0 Å². The molecule has 0 amide bonds. The molecule has 39 heteroatoms. The minimum atomic E-state index is -4.40. The number of halogens is 15. The van der Waals surface area contributed by atoms with E-state index in [4.69, 9.17) is 85.8 Å². The van der Waals surface area contributed by atoms with Gasteiger partial charge in [-0.3, -0.25) is 9.51 Å². The number of methoxy groups -OCH3 is 4. The Balaban J connectivity index is 0.000000226. The van der Waals surface area contributed by atoms with E-state index in [-0.39, 0.29) is 92.4 Å². The Labute approximate surface area is 577 Å². The second-order valence-corrected chi connectivity index (χ2v) is 20.3. The monoisotopic (exact) mass is 1470 g/mol. The van der Waals surface area contributed by atoms with E-state index >= 15 is 0 Å². The fraction of sp³-hybridized carbons (Fsp3) is 0.194. The predicted molar refractivity (Wildman–Crippen MR) is 334 cm³/mol. The lowest BCUT2D eigenvalue weighted by atomic mass is 10.0. The quantitative estimate of drug-likeness (QED) is 0.0473. The lowest BCUT2D eigenvalue weighted by molar-refractivity contribution is -0.138. The highest BCUT2D eigenvalue weighted by atomic mass is 35.5. The van der Waals surface area contributed by atoms with Crippen LogP contribution in [0.25, 0.3) is 11.5 Å². The first-order valence-electron chi connectivity index (χ1n) is 27.5. The molecule has 10 rings (SSSR count). The Kier molecular flexibility index (Phi) is 29.2. The molecule has 6 aromatic heterocycles. The van der Waals surface area contributed by atoms with Crippen molar-refractivity contribution in [2.45, 2.75) is 44.0 Å². The van der Waals surface area contributed by atoms with E-state index in [2.05, 4.69) is 64.5 Å². The summed E-state index contributed by atoms with van der Waals surface area (Å²) in [5, 5.41) is 46.3. The maximum absolute atomic E-state index is 12.6. The van der Waals surface area contributed by atoms with Gasteiger partial charge >= 0.3 is 30.5 Å². The number of hydrogen-bond donors (Lipinski definition) is 4. The van der Waals surface area contributed by atoms with Gasteiger partial charge in [0.1, 0.15) is 34.7 Å². The first kappa shape index (κ1) is 80.0. The lowest BCUT2D eigenvalue weighted by Crippen LogP contribution is -2.13. The summed E-state index contributed by atoms with van der Waals surface area (Å²) in [4.78, 5) is 52.6. The Morgan fingerprint density at radius 1 is 0.505 bits per heavy atom. The molecule has 10 aromatic rings. The van der Waals surface area contributed by atoms with E-state index in [0.29, 0.717) is 45.3 Å². The van der Waals surface area contributed by atoms with E-state index in [1.165, 1.54) is 108 Å². The summed E-state index contributed by atoms with van der Waals surface area (Å²) < 4.78 is 173. The molecule has 0 saturated carbocycles. The Hall–Kier alpha value is -11.7. The number of aromatic nitrogens is 12. The number of anilines is 1. The summed E-state index contributed by atoms with van der Waals surface area (Å²) in [5.41, 5.74) is 6.11. The molecular weight excluding hydrogens is 1430 g/mol. The van der Waals surface area contributed by atoms with Gasteiger partial charge in [0.2, 0.25) is 29.3 Å². The van der Waals surface area contributed by atoms with E-state index < -0.39 is 59.3 Å². The van der Waals surface area contributed by atoms with Crippen LogP contribution in [0.1, 0.15) is 78.8 Å². The third-order valence-corrected chi connectivity index (χ3v) is 13.0. The second kappa shape index (κ2) is 36.8. The highest BCUT2D eigenvalue weighted by Crippen LogP contribution is 2.33. The zero-order chi connectivity index (χ0) is 74.8. The topological polar surface area (TPSA) is 366 Å². The summed E-state index contributed by atoms with van der Waals surface area (Å²) in [5.74, 6) is 0.304. The van der Waals surface area contributed by atoms with Crippen LogP contribution in [0.15, 0.2) is 137 Å². The van der Waals surface area contributed by atoms with Crippen molar-refractivity contribution in [3.05, 3.63) is 233 Å². The summed E-state index contributed by atoms with van der Waals surface area (Å²) in [6.45, 7) is -0.513. The zero-order valence-corrected chi connectivity index (χ0v) is 54.1. The number of nitriles is 3. The number of H-pyrrole nitrogens is 1. The van der Waals surface area contributed by atoms with Crippen molar-refractivity contribution >= 4 is 46.2 Å². The van der Waals surface area contributed by atoms with E-state index in [1.54, 1.807) is 12.1 Å². The molecule has 0 bridgehead atoms. The standard InChI is InChI=1S/C15H11F3N4O3.C15H14F3N3O2.C14H10F3N3O.C7H6F3N.C6H4ClN3O.C5HCl2N3/c1-24-11-7-19-12(13-21-14(23)25-22-13)10(20-11)6-8-2-4-9(5-3-8)15(16,17)18;1-23-13-7-20-14(11(19)8-22)12(21-13)6-9-2-4-10(5-3-9)15(16,17)18;1-21-13-8-19-12(7-18)11(20-13)6-9-2-4-10(5-3-9)14(15,16)17;8-7(9,10)5-1-3-6(11)4-2-5;1-11-5-3-9-4(2-8)6(7)10-5;6-4-2-9-3(1-8)5(7)10-4/h2-5,7H,6H2,1H3,(H,21,22,23);2-5,7,19,22H,6,8H2,1H3;2-5,8H,6H2,1H3;1-4H,11H2;3H,1H3;2H. The molecule has 101 heavy (non-hydrogen) atoms. The number of hydrogen-bond acceptors (Lipinski definition) is 23. The van der Waals surface area contributed by atoms with Crippen molar-refractivity contribution in [1.29, 1.82) is 21.2 Å². The van der Waals surface area contributed by atoms with Crippen LogP contribution in [0.3, 0.4) is 0 Å². The number of ether oxygens (including phenoxy) is 4. The summed E-state index contributed by atoms with van der Waals surface area (Å²) >= 11 is 16.4. The van der Waals surface area contributed by atoms with Gasteiger partial charge in [-0.25, -0.2) is 49.7 Å². The molecule has 4 aromatic carbocycles. The third kappa shape index (κ3) is 25.0. The van der Waals surface area contributed by atoms with E-state index in [0.717, 1.165) is 48.5 Å². The zero-order valence-electron chi connectivity index (χ0n) is 51.9. The van der Waals surface area contributed by atoms with Crippen molar-refractivity contribution < 1.29 is 81.3 Å². The Morgan fingerprint density at radius 2 is 0.851 bits per heavy atom. The van der Waals surface area contributed by atoms with Gasteiger partial charge in [0.05, 0.1) is 111 Å². The SMILES string of the molecule is COc1cnc(-c2noc(=O)[nH]2)c(Cc2ccc(C(F)(F)F)cc2)n1.COc1cnc(C#N)c(Cc2ccc(C(F)(F)F)cc2)n1.COc1cnc(C#N)c(Cl)n1.COc1cnc(C(=N)CO)c(Cc2ccc(C(F)(F)F)cc2)n1.N#Cc1ncc(Cl)nc1Cl.Nc1ccc(C(F)(F)F)cc1. The summed E-state index contributed by atoms with van der Waals surface area (Å²) in [6, 6.07) is 23.8. The first-order valence-corrected chi connectivity index (χ1v) is 28.6. The molecule has 0 aliphatic carbocycles. The number of nitrogens with one attached hydrogen (secondary N) is 2. The average molecular weight is 1480 g/mol. The van der Waals surface area contributed by atoms with Crippen LogP contribution in [0.2, 0.25) is 15.5 Å². The van der Waals surface area contributed by atoms with Crippen LogP contribution in [-0.2, 0) is 44.0 Å². The highest BCUT2D eigenvalue weighted by Gasteiger charge is 2.33. The number of aliphatic hydroxyl groups excluding tert-OH is 1.